The summed E-state index contributed by atoms with van der Waals surface area (Å²) in [7, 11) is 0. The maximum Gasteiger partial charge on any atom is 0.340 e. The molecule has 2 heterocycles. The SMILES string of the molecule is CC(=O)c1c(C)[nH]c(C(=O)COC(=O)c2c(C)nc3ccccc3c2C)c1C. The number of Topliss-reactive ketones (excluding diaryl/α,β-unsaturated/α-hetero) is 2. The van der Waals surface area contributed by atoms with Gasteiger partial charge < -0.3 is 9.72 Å². The third-order valence-corrected chi connectivity index (χ3v) is 4.94. The first-order valence-corrected chi connectivity index (χ1v) is 8.98. The molecule has 0 bridgehead atoms. The molecule has 6 heteroatoms. The van der Waals surface area contributed by atoms with Gasteiger partial charge >= 0.3 is 5.97 Å². The number of hydrogen-bond acceptors (Lipinski definition) is 5. The molecule has 0 aliphatic rings. The van der Waals surface area contributed by atoms with E-state index in [0.717, 1.165) is 16.5 Å². The Bertz CT molecular complexity index is 1130. The van der Waals surface area contributed by atoms with Gasteiger partial charge in [0, 0.05) is 16.6 Å². The first-order chi connectivity index (χ1) is 13.2. The number of aromatic amines is 1. The predicted molar refractivity (Wildman–Crippen MR) is 106 cm³/mol. The van der Waals surface area contributed by atoms with Gasteiger partial charge in [0.05, 0.1) is 22.5 Å². The molecule has 144 valence electrons. The van der Waals surface area contributed by atoms with Crippen LogP contribution in [0.15, 0.2) is 24.3 Å². The molecule has 0 fully saturated rings. The molecule has 0 aliphatic heterocycles. The van der Waals surface area contributed by atoms with Crippen LogP contribution in [0, 0.1) is 27.7 Å². The second kappa shape index (κ2) is 7.38. The summed E-state index contributed by atoms with van der Waals surface area (Å²) >= 11 is 0. The molecule has 2 aromatic heterocycles. The van der Waals surface area contributed by atoms with Gasteiger partial charge in [-0.2, -0.15) is 0 Å². The molecular formula is C22H22N2O4. The van der Waals surface area contributed by atoms with E-state index in [-0.39, 0.29) is 11.6 Å². The highest BCUT2D eigenvalue weighted by Gasteiger charge is 2.23. The number of aromatic nitrogens is 2. The van der Waals surface area contributed by atoms with Gasteiger partial charge in [0.2, 0.25) is 5.78 Å². The summed E-state index contributed by atoms with van der Waals surface area (Å²) < 4.78 is 5.29. The Hall–Kier alpha value is -3.28. The van der Waals surface area contributed by atoms with E-state index < -0.39 is 12.6 Å². The lowest BCUT2D eigenvalue weighted by Crippen LogP contribution is -2.17. The minimum Gasteiger partial charge on any atom is -0.454 e. The Labute approximate surface area is 162 Å². The van der Waals surface area contributed by atoms with Crippen molar-refractivity contribution in [3.8, 4) is 0 Å². The molecule has 0 aliphatic carbocycles. The lowest BCUT2D eigenvalue weighted by molar-refractivity contribution is 0.0471. The van der Waals surface area contributed by atoms with Crippen molar-refractivity contribution in [3.63, 3.8) is 0 Å². The van der Waals surface area contributed by atoms with Crippen molar-refractivity contribution < 1.29 is 19.1 Å². The van der Waals surface area contributed by atoms with Crippen LogP contribution in [0.5, 0.6) is 0 Å². The Morgan fingerprint density at radius 1 is 1.00 bits per heavy atom. The van der Waals surface area contributed by atoms with Gasteiger partial charge in [-0.1, -0.05) is 18.2 Å². The van der Waals surface area contributed by atoms with Crippen LogP contribution in [-0.2, 0) is 4.74 Å². The zero-order valence-corrected chi connectivity index (χ0v) is 16.6. The van der Waals surface area contributed by atoms with Crippen molar-refractivity contribution >= 4 is 28.4 Å². The molecule has 3 rings (SSSR count). The lowest BCUT2D eigenvalue weighted by Gasteiger charge is -2.12. The summed E-state index contributed by atoms with van der Waals surface area (Å²) in [5.74, 6) is -1.09. The van der Waals surface area contributed by atoms with E-state index in [1.165, 1.54) is 6.92 Å². The molecule has 0 saturated heterocycles. The van der Waals surface area contributed by atoms with Crippen molar-refractivity contribution in [1.29, 1.82) is 0 Å². The minimum atomic E-state index is -0.589. The summed E-state index contributed by atoms with van der Waals surface area (Å²) in [5, 5.41) is 0.869. The fourth-order valence-corrected chi connectivity index (χ4v) is 3.66. The molecule has 0 amide bonds. The molecule has 3 aromatic rings. The molecule has 28 heavy (non-hydrogen) atoms. The topological polar surface area (TPSA) is 89.1 Å². The number of nitrogens with one attached hydrogen (secondary N) is 1. The Morgan fingerprint density at radius 2 is 1.68 bits per heavy atom. The highest BCUT2D eigenvalue weighted by atomic mass is 16.5. The van der Waals surface area contributed by atoms with Crippen LogP contribution in [0.25, 0.3) is 10.9 Å². The molecule has 1 N–H and O–H groups in total. The van der Waals surface area contributed by atoms with Crippen molar-refractivity contribution in [2.75, 3.05) is 6.61 Å². The second-order valence-corrected chi connectivity index (χ2v) is 6.89. The third kappa shape index (κ3) is 3.33. The Morgan fingerprint density at radius 3 is 2.32 bits per heavy atom. The van der Waals surface area contributed by atoms with Gasteiger partial charge in [-0.05, 0) is 51.8 Å². The largest absolute Gasteiger partial charge is 0.454 e. The Balaban J connectivity index is 1.83. The average molecular weight is 378 g/mol. The van der Waals surface area contributed by atoms with Gasteiger partial charge in [-0.15, -0.1) is 0 Å². The van der Waals surface area contributed by atoms with E-state index >= 15 is 0 Å². The number of ketones is 2. The fourth-order valence-electron chi connectivity index (χ4n) is 3.66. The first-order valence-electron chi connectivity index (χ1n) is 8.98. The van der Waals surface area contributed by atoms with Crippen molar-refractivity contribution in [2.45, 2.75) is 34.6 Å². The number of carbonyl (C=O) groups excluding carboxylic acids is 3. The van der Waals surface area contributed by atoms with E-state index in [1.54, 1.807) is 20.8 Å². The molecule has 1 aromatic carbocycles. The van der Waals surface area contributed by atoms with Crippen molar-refractivity contribution in [2.24, 2.45) is 0 Å². The van der Waals surface area contributed by atoms with Crippen LogP contribution < -0.4 is 0 Å². The molecule has 0 saturated carbocycles. The number of ether oxygens (including phenoxy) is 1. The first kappa shape index (κ1) is 19.5. The number of esters is 1. The molecule has 6 nitrogen and oxygen atoms in total. The predicted octanol–water partition coefficient (Wildman–Crippen LogP) is 4.04. The normalized spacial score (nSPS) is 10.9. The van der Waals surface area contributed by atoms with Crippen LogP contribution >= 0.6 is 0 Å². The van der Waals surface area contributed by atoms with Gasteiger partial charge in [0.1, 0.15) is 0 Å². The van der Waals surface area contributed by atoms with Crippen LogP contribution in [0.4, 0.5) is 0 Å². The van der Waals surface area contributed by atoms with Gasteiger partial charge in [-0.3, -0.25) is 14.6 Å². The zero-order chi connectivity index (χ0) is 20.6. The number of para-hydroxylation sites is 1. The maximum absolute atomic E-state index is 12.7. The number of aryl methyl sites for hydroxylation is 3. The summed E-state index contributed by atoms with van der Waals surface area (Å²) in [6, 6.07) is 7.55. The van der Waals surface area contributed by atoms with Crippen molar-refractivity contribution in [1.82, 2.24) is 9.97 Å². The maximum atomic E-state index is 12.7. The zero-order valence-electron chi connectivity index (χ0n) is 16.6. The average Bonchev–Trinajstić information content (AvgIpc) is 2.94. The van der Waals surface area contributed by atoms with Gasteiger partial charge in [0.15, 0.2) is 12.4 Å². The second-order valence-electron chi connectivity index (χ2n) is 6.89. The summed E-state index contributed by atoms with van der Waals surface area (Å²) in [6.07, 6.45) is 0. The molecular weight excluding hydrogens is 356 g/mol. The number of benzene rings is 1. The quantitative estimate of drug-likeness (QED) is 0.535. The molecule has 0 radical (unpaired) electrons. The number of pyridine rings is 1. The number of rotatable bonds is 5. The number of nitrogens with zero attached hydrogens (tertiary/aromatic N) is 1. The lowest BCUT2D eigenvalue weighted by atomic mass is 10.0. The highest BCUT2D eigenvalue weighted by Crippen LogP contribution is 2.23. The Kier molecular flexibility index (Phi) is 5.14. The van der Waals surface area contributed by atoms with E-state index in [0.29, 0.717) is 33.8 Å². The van der Waals surface area contributed by atoms with E-state index in [1.807, 2.05) is 31.2 Å². The van der Waals surface area contributed by atoms with Crippen LogP contribution in [0.2, 0.25) is 0 Å². The fraction of sp³-hybridized carbons (Fsp3) is 0.273. The van der Waals surface area contributed by atoms with Crippen LogP contribution in [0.3, 0.4) is 0 Å². The highest BCUT2D eigenvalue weighted by molar-refractivity contribution is 6.05. The third-order valence-electron chi connectivity index (χ3n) is 4.94. The molecule has 0 atom stereocenters. The van der Waals surface area contributed by atoms with Gasteiger partial charge in [-0.25, -0.2) is 4.79 Å². The van der Waals surface area contributed by atoms with E-state index in [4.69, 9.17) is 4.74 Å². The van der Waals surface area contributed by atoms with E-state index in [9.17, 15) is 14.4 Å². The smallest absolute Gasteiger partial charge is 0.340 e. The molecule has 0 spiro atoms. The monoisotopic (exact) mass is 378 g/mol. The van der Waals surface area contributed by atoms with E-state index in [2.05, 4.69) is 9.97 Å². The van der Waals surface area contributed by atoms with Crippen molar-refractivity contribution in [3.05, 3.63) is 63.6 Å². The standard InChI is InChI=1S/C22H22N2O4/c1-11-16-8-6-7-9-17(16)23-14(4)20(11)22(27)28-10-18(26)21-12(2)19(15(5)25)13(3)24-21/h6-9,24H,10H2,1-5H3. The summed E-state index contributed by atoms with van der Waals surface area (Å²) in [6.45, 7) is 8.07. The molecule has 0 unspecified atom stereocenters. The summed E-state index contributed by atoms with van der Waals surface area (Å²) in [5.41, 5.74) is 4.50. The number of H-pyrrole nitrogens is 1. The minimum absolute atomic E-state index is 0.115. The summed E-state index contributed by atoms with van der Waals surface area (Å²) in [4.78, 5) is 44.3. The van der Waals surface area contributed by atoms with Crippen LogP contribution in [-0.4, -0.2) is 34.1 Å². The van der Waals surface area contributed by atoms with Gasteiger partial charge in [0.25, 0.3) is 0 Å². The van der Waals surface area contributed by atoms with Crippen LogP contribution in [0.1, 0.15) is 60.6 Å². The number of carbonyl (C=O) groups is 3. The number of fused-ring (bicyclic) bond motifs is 1. The number of hydrogen-bond donors (Lipinski definition) is 1.